The number of nitrogens with one attached hydrogen (secondary N) is 1. The molecule has 2 aliphatic carbocycles. The number of fused-ring (bicyclic) bond motifs is 3. The maximum atomic E-state index is 12.1. The van der Waals surface area contributed by atoms with E-state index in [9.17, 15) is 9.59 Å². The Bertz CT molecular complexity index is 1060. The summed E-state index contributed by atoms with van der Waals surface area (Å²) in [6, 6.07) is 11.5. The van der Waals surface area contributed by atoms with Crippen molar-refractivity contribution < 1.29 is 14.3 Å². The van der Waals surface area contributed by atoms with Crippen LogP contribution in [0.5, 0.6) is 0 Å². The van der Waals surface area contributed by atoms with Crippen molar-refractivity contribution in [1.82, 2.24) is 10.4 Å². The van der Waals surface area contributed by atoms with Gasteiger partial charge in [0.15, 0.2) is 6.61 Å². The Morgan fingerprint density at radius 1 is 1.23 bits per heavy atom. The number of carbonyl (C=O) groups excluding carboxylic acids is 2. The fraction of sp³-hybridized carbons (Fsp3) is 0.417. The molecule has 4 rings (SSSR count). The minimum absolute atomic E-state index is 0.0250. The van der Waals surface area contributed by atoms with Crippen LogP contribution in [0.2, 0.25) is 0 Å². The molecule has 2 aromatic rings. The van der Waals surface area contributed by atoms with Crippen molar-refractivity contribution in [3.05, 3.63) is 48.2 Å². The van der Waals surface area contributed by atoms with E-state index >= 15 is 0 Å². The lowest BCUT2D eigenvalue weighted by Gasteiger charge is -2.34. The highest BCUT2D eigenvalue weighted by Crippen LogP contribution is 2.63. The van der Waals surface area contributed by atoms with Crippen LogP contribution in [0.3, 0.4) is 0 Å². The van der Waals surface area contributed by atoms with Crippen LogP contribution in [0.1, 0.15) is 45.7 Å². The molecule has 1 N–H and O–H groups in total. The van der Waals surface area contributed by atoms with Crippen LogP contribution in [-0.2, 0) is 14.3 Å². The normalized spacial score (nSPS) is 25.8. The van der Waals surface area contributed by atoms with Crippen molar-refractivity contribution in [2.45, 2.75) is 40.0 Å². The molecule has 0 saturated heterocycles. The third-order valence-corrected chi connectivity index (χ3v) is 7.18. The molecule has 0 spiro atoms. The smallest absolute Gasteiger partial charge is 0.331 e. The van der Waals surface area contributed by atoms with Gasteiger partial charge in [-0.05, 0) is 48.8 Å². The lowest BCUT2D eigenvalue weighted by Crippen LogP contribution is -2.34. The predicted octanol–water partition coefficient (Wildman–Crippen LogP) is 4.11. The number of nitrogens with zero attached hydrogens (tertiary/aromatic N) is 2. The van der Waals surface area contributed by atoms with E-state index < -0.39 is 11.9 Å². The quantitative estimate of drug-likeness (QED) is 0.461. The first-order valence-corrected chi connectivity index (χ1v) is 10.4. The molecule has 6 heteroatoms. The van der Waals surface area contributed by atoms with Crippen LogP contribution in [0.4, 0.5) is 0 Å². The Labute approximate surface area is 176 Å². The zero-order chi connectivity index (χ0) is 21.4. The molecule has 1 aromatic carbocycles. The Morgan fingerprint density at radius 2 is 2.03 bits per heavy atom. The molecule has 2 unspecified atom stereocenters. The van der Waals surface area contributed by atoms with Crippen LogP contribution in [0.25, 0.3) is 17.0 Å². The summed E-state index contributed by atoms with van der Waals surface area (Å²) in [6.45, 7) is 6.44. The van der Waals surface area contributed by atoms with E-state index in [2.05, 4.69) is 36.3 Å². The highest BCUT2D eigenvalue weighted by atomic mass is 16.5. The Kier molecular flexibility index (Phi) is 5.18. The number of rotatable bonds is 5. The zero-order valence-electron chi connectivity index (χ0n) is 17.6. The van der Waals surface area contributed by atoms with Gasteiger partial charge in [0.05, 0.1) is 11.2 Å². The highest BCUT2D eigenvalue weighted by molar-refractivity contribution is 5.95. The third-order valence-electron chi connectivity index (χ3n) is 7.18. The molecule has 1 aromatic heterocycles. The van der Waals surface area contributed by atoms with Crippen molar-refractivity contribution in [2.75, 3.05) is 6.61 Å². The van der Waals surface area contributed by atoms with Crippen LogP contribution in [0.15, 0.2) is 47.6 Å². The summed E-state index contributed by atoms with van der Waals surface area (Å²) < 4.78 is 5.02. The van der Waals surface area contributed by atoms with Gasteiger partial charge in [0.2, 0.25) is 0 Å². The van der Waals surface area contributed by atoms with E-state index in [4.69, 9.17) is 4.74 Å². The van der Waals surface area contributed by atoms with E-state index in [1.54, 1.807) is 6.08 Å². The number of esters is 1. The van der Waals surface area contributed by atoms with Crippen LogP contribution >= 0.6 is 0 Å². The van der Waals surface area contributed by atoms with Gasteiger partial charge >= 0.3 is 5.97 Å². The Hall–Kier alpha value is -3.02. The van der Waals surface area contributed by atoms with Crippen molar-refractivity contribution in [1.29, 1.82) is 0 Å². The van der Waals surface area contributed by atoms with E-state index in [0.29, 0.717) is 11.6 Å². The molecule has 6 nitrogen and oxygen atoms in total. The summed E-state index contributed by atoms with van der Waals surface area (Å²) in [5.74, 6) is -0.414. The summed E-state index contributed by atoms with van der Waals surface area (Å²) >= 11 is 0. The summed E-state index contributed by atoms with van der Waals surface area (Å²) in [5.41, 5.74) is 5.33. The second-order valence-corrected chi connectivity index (χ2v) is 8.96. The Morgan fingerprint density at radius 3 is 2.77 bits per heavy atom. The van der Waals surface area contributed by atoms with Gasteiger partial charge in [-0.15, -0.1) is 0 Å². The molecule has 156 valence electrons. The van der Waals surface area contributed by atoms with Gasteiger partial charge in [-0.3, -0.25) is 4.79 Å². The van der Waals surface area contributed by atoms with E-state index in [-0.39, 0.29) is 17.4 Å². The fourth-order valence-corrected chi connectivity index (χ4v) is 4.77. The van der Waals surface area contributed by atoms with Crippen molar-refractivity contribution in [3.8, 4) is 0 Å². The molecule has 2 bridgehead atoms. The number of carbonyl (C=O) groups is 2. The van der Waals surface area contributed by atoms with Gasteiger partial charge in [-0.1, -0.05) is 45.0 Å². The standard InChI is InChI=1S/C24H27N3O3/c1-23(2)17-12-13-24(23,3)20(14-17)26-27-21(28)15-30-22(29)11-10-18-9-8-16-6-4-5-7-19(16)25-18/h4-11,17H,12-15H2,1-3H3,(H,27,28)/b11-10+,26-20-. The lowest BCUT2D eigenvalue weighted by molar-refractivity contribution is -0.143. The van der Waals surface area contributed by atoms with E-state index in [0.717, 1.165) is 29.5 Å². The third kappa shape index (κ3) is 3.62. The average Bonchev–Trinajstić information content (AvgIpc) is 3.08. The summed E-state index contributed by atoms with van der Waals surface area (Å²) in [4.78, 5) is 28.5. The highest BCUT2D eigenvalue weighted by Gasteiger charge is 2.60. The van der Waals surface area contributed by atoms with Crippen molar-refractivity contribution in [2.24, 2.45) is 21.8 Å². The molecule has 30 heavy (non-hydrogen) atoms. The molecule has 2 fully saturated rings. The number of hydrazone groups is 1. The maximum Gasteiger partial charge on any atom is 0.331 e. The second kappa shape index (κ2) is 7.67. The number of amides is 1. The SMILES string of the molecule is CC12CCC(C/C1=N/NC(=O)COC(=O)/C=C/c1ccc3ccccc3n1)C2(C)C. The predicted molar refractivity (Wildman–Crippen MR) is 117 cm³/mol. The van der Waals surface area contributed by atoms with Crippen molar-refractivity contribution in [3.63, 3.8) is 0 Å². The lowest BCUT2D eigenvalue weighted by atomic mass is 9.70. The van der Waals surface area contributed by atoms with Gasteiger partial charge in [0.1, 0.15) is 0 Å². The van der Waals surface area contributed by atoms with E-state index in [1.807, 2.05) is 36.4 Å². The van der Waals surface area contributed by atoms with Gasteiger partial charge in [0.25, 0.3) is 5.91 Å². The number of hydrogen-bond donors (Lipinski definition) is 1. The van der Waals surface area contributed by atoms with Crippen LogP contribution < -0.4 is 5.43 Å². The fourth-order valence-electron chi connectivity index (χ4n) is 4.77. The Balaban J connectivity index is 1.29. The first-order chi connectivity index (χ1) is 14.3. The molecule has 1 heterocycles. The summed E-state index contributed by atoms with van der Waals surface area (Å²) in [7, 11) is 0. The molecule has 2 aliphatic rings. The van der Waals surface area contributed by atoms with Gasteiger partial charge in [-0.25, -0.2) is 15.2 Å². The van der Waals surface area contributed by atoms with Crippen LogP contribution in [0, 0.1) is 16.7 Å². The summed E-state index contributed by atoms with van der Waals surface area (Å²) in [5, 5.41) is 5.40. The van der Waals surface area contributed by atoms with Crippen LogP contribution in [-0.4, -0.2) is 29.2 Å². The molecule has 0 radical (unpaired) electrons. The summed E-state index contributed by atoms with van der Waals surface area (Å²) in [6.07, 6.45) is 6.08. The first-order valence-electron chi connectivity index (χ1n) is 10.4. The largest absolute Gasteiger partial charge is 0.452 e. The molecular formula is C24H27N3O3. The molecule has 1 amide bonds. The zero-order valence-corrected chi connectivity index (χ0v) is 17.6. The van der Waals surface area contributed by atoms with Gasteiger partial charge < -0.3 is 4.74 Å². The second-order valence-electron chi connectivity index (χ2n) is 8.96. The minimum atomic E-state index is -0.596. The topological polar surface area (TPSA) is 80.6 Å². The number of ether oxygens (including phenoxy) is 1. The minimum Gasteiger partial charge on any atom is -0.452 e. The first kappa shape index (κ1) is 20.3. The molecule has 2 saturated carbocycles. The maximum absolute atomic E-state index is 12.1. The number of para-hydroxylation sites is 1. The monoisotopic (exact) mass is 405 g/mol. The number of hydrogen-bond acceptors (Lipinski definition) is 5. The van der Waals surface area contributed by atoms with Gasteiger partial charge in [-0.2, -0.15) is 5.10 Å². The number of benzene rings is 1. The van der Waals surface area contributed by atoms with E-state index in [1.165, 1.54) is 12.5 Å². The van der Waals surface area contributed by atoms with Gasteiger partial charge in [0, 0.05) is 22.6 Å². The molecule has 2 atom stereocenters. The number of aromatic nitrogens is 1. The molecule has 0 aliphatic heterocycles. The number of pyridine rings is 1. The van der Waals surface area contributed by atoms with Crippen molar-refractivity contribution >= 4 is 34.6 Å². The molecular weight excluding hydrogens is 378 g/mol. The average molecular weight is 405 g/mol.